The van der Waals surface area contributed by atoms with Crippen LogP contribution in [0, 0.1) is 20.8 Å². The second kappa shape index (κ2) is 6.96. The highest BCUT2D eigenvalue weighted by Crippen LogP contribution is 2.22. The summed E-state index contributed by atoms with van der Waals surface area (Å²) in [5.74, 6) is 1.09. The average molecular weight is 342 g/mol. The van der Waals surface area contributed by atoms with Gasteiger partial charge >= 0.3 is 6.03 Å². The minimum atomic E-state index is -0.519. The Labute approximate surface area is 146 Å². The van der Waals surface area contributed by atoms with Gasteiger partial charge in [-0.2, -0.15) is 0 Å². The van der Waals surface area contributed by atoms with Crippen molar-refractivity contribution in [2.75, 3.05) is 11.4 Å². The highest BCUT2D eigenvalue weighted by Gasteiger charge is 2.33. The summed E-state index contributed by atoms with van der Waals surface area (Å²) in [4.78, 5) is 30.4. The van der Waals surface area contributed by atoms with Crippen molar-refractivity contribution in [3.63, 3.8) is 0 Å². The monoisotopic (exact) mass is 342 g/mol. The molecule has 3 amide bonds. The van der Waals surface area contributed by atoms with Crippen LogP contribution in [-0.2, 0) is 11.3 Å². The zero-order valence-corrected chi connectivity index (χ0v) is 14.6. The zero-order chi connectivity index (χ0) is 18.0. The number of urea groups is 1. The number of carbonyl (C=O) groups is 2. The quantitative estimate of drug-likeness (QED) is 0.892. The van der Waals surface area contributed by atoms with Gasteiger partial charge in [0.05, 0.1) is 12.2 Å². The van der Waals surface area contributed by atoms with E-state index in [-0.39, 0.29) is 12.5 Å². The molecule has 2 N–H and O–H groups in total. The molecule has 0 spiro atoms. The molecule has 7 nitrogen and oxygen atoms in total. The number of anilines is 1. The van der Waals surface area contributed by atoms with Gasteiger partial charge in [0.2, 0.25) is 11.8 Å². The number of nitrogens with one attached hydrogen (secondary N) is 2. The highest BCUT2D eigenvalue weighted by molar-refractivity contribution is 6.01. The number of hydrogen-bond donors (Lipinski definition) is 2. The predicted molar refractivity (Wildman–Crippen MR) is 93.3 cm³/mol. The van der Waals surface area contributed by atoms with Crippen LogP contribution in [0.25, 0.3) is 0 Å². The fourth-order valence-electron chi connectivity index (χ4n) is 2.77. The number of rotatable bonds is 4. The van der Waals surface area contributed by atoms with Crippen molar-refractivity contribution in [1.29, 1.82) is 0 Å². The Morgan fingerprint density at radius 2 is 2.00 bits per heavy atom. The summed E-state index contributed by atoms with van der Waals surface area (Å²) in [5, 5.41) is 5.39. The molecule has 2 aromatic rings. The zero-order valence-electron chi connectivity index (χ0n) is 14.6. The van der Waals surface area contributed by atoms with E-state index in [1.165, 1.54) is 0 Å². The Morgan fingerprint density at radius 3 is 2.64 bits per heavy atom. The Bertz CT molecular complexity index is 763. The lowest BCUT2D eigenvalue weighted by atomic mass is 10.2. The molecule has 7 heteroatoms. The third-order valence-electron chi connectivity index (χ3n) is 4.33. The summed E-state index contributed by atoms with van der Waals surface area (Å²) in [6.07, 6.45) is 0.581. The Hall–Kier alpha value is -2.83. The van der Waals surface area contributed by atoms with Crippen LogP contribution >= 0.6 is 0 Å². The molecule has 0 aliphatic carbocycles. The van der Waals surface area contributed by atoms with Gasteiger partial charge in [-0.3, -0.25) is 4.79 Å². The summed E-state index contributed by atoms with van der Waals surface area (Å²) >= 11 is 0. The second-order valence-electron chi connectivity index (χ2n) is 6.24. The topological polar surface area (TPSA) is 87.5 Å². The molecule has 1 aromatic carbocycles. The van der Waals surface area contributed by atoms with E-state index in [2.05, 4.69) is 15.6 Å². The van der Waals surface area contributed by atoms with Crippen molar-refractivity contribution in [3.05, 3.63) is 47.2 Å². The number of amides is 3. The number of aromatic nitrogens is 1. The molecule has 0 bridgehead atoms. The minimum absolute atomic E-state index is 0.0955. The van der Waals surface area contributed by atoms with Crippen LogP contribution in [-0.4, -0.2) is 29.5 Å². The summed E-state index contributed by atoms with van der Waals surface area (Å²) in [6.45, 7) is 6.44. The normalized spacial score (nSPS) is 17.0. The van der Waals surface area contributed by atoms with Crippen molar-refractivity contribution in [1.82, 2.24) is 15.6 Å². The van der Waals surface area contributed by atoms with E-state index in [1.54, 1.807) is 4.90 Å². The van der Waals surface area contributed by atoms with Gasteiger partial charge in [-0.05, 0) is 39.3 Å². The maximum atomic E-state index is 12.5. The van der Waals surface area contributed by atoms with Crippen molar-refractivity contribution < 1.29 is 14.0 Å². The number of hydrogen-bond acceptors (Lipinski definition) is 4. The SMILES string of the molecule is Cc1ccc(N2CC[C@H](NC(=O)NCc3nc(C)c(C)o3)C2=O)cc1. The smallest absolute Gasteiger partial charge is 0.315 e. The van der Waals surface area contributed by atoms with Crippen LogP contribution in [0.15, 0.2) is 28.7 Å². The first-order chi connectivity index (χ1) is 11.9. The van der Waals surface area contributed by atoms with Crippen molar-refractivity contribution in [2.45, 2.75) is 39.8 Å². The summed E-state index contributed by atoms with van der Waals surface area (Å²) in [5.41, 5.74) is 2.80. The molecule has 1 saturated heterocycles. The van der Waals surface area contributed by atoms with E-state index in [9.17, 15) is 9.59 Å². The molecular weight excluding hydrogens is 320 g/mol. The van der Waals surface area contributed by atoms with Crippen LogP contribution in [0.2, 0.25) is 0 Å². The lowest BCUT2D eigenvalue weighted by molar-refractivity contribution is -0.118. The molecule has 0 radical (unpaired) electrons. The van der Waals surface area contributed by atoms with Gasteiger partial charge in [0, 0.05) is 12.2 Å². The van der Waals surface area contributed by atoms with Gasteiger partial charge < -0.3 is 20.0 Å². The van der Waals surface area contributed by atoms with Gasteiger partial charge in [-0.25, -0.2) is 9.78 Å². The molecule has 1 fully saturated rings. The number of nitrogens with zero attached hydrogens (tertiary/aromatic N) is 2. The summed E-state index contributed by atoms with van der Waals surface area (Å²) in [6, 6.07) is 6.85. The predicted octanol–water partition coefficient (Wildman–Crippen LogP) is 2.20. The molecule has 0 saturated carbocycles. The molecule has 0 unspecified atom stereocenters. The largest absolute Gasteiger partial charge is 0.444 e. The molecular formula is C18H22N4O3. The van der Waals surface area contributed by atoms with Crippen LogP contribution < -0.4 is 15.5 Å². The molecule has 2 heterocycles. The van der Waals surface area contributed by atoms with E-state index in [0.29, 0.717) is 18.9 Å². The first-order valence-corrected chi connectivity index (χ1v) is 8.29. The Morgan fingerprint density at radius 1 is 1.28 bits per heavy atom. The molecule has 1 aliphatic rings. The lowest BCUT2D eigenvalue weighted by Crippen LogP contribution is -2.46. The first kappa shape index (κ1) is 17.0. The molecule has 3 rings (SSSR count). The average Bonchev–Trinajstić information content (AvgIpc) is 3.10. The van der Waals surface area contributed by atoms with E-state index < -0.39 is 12.1 Å². The van der Waals surface area contributed by atoms with Gasteiger partial charge in [0.15, 0.2) is 0 Å². The van der Waals surface area contributed by atoms with Crippen LogP contribution in [0.5, 0.6) is 0 Å². The van der Waals surface area contributed by atoms with Gasteiger partial charge in [-0.15, -0.1) is 0 Å². The fraction of sp³-hybridized carbons (Fsp3) is 0.389. The highest BCUT2D eigenvalue weighted by atomic mass is 16.4. The Kier molecular flexibility index (Phi) is 4.74. The number of aryl methyl sites for hydroxylation is 3. The molecule has 1 aromatic heterocycles. The van der Waals surface area contributed by atoms with Gasteiger partial charge in [0.1, 0.15) is 11.8 Å². The lowest BCUT2D eigenvalue weighted by Gasteiger charge is -2.17. The summed E-state index contributed by atoms with van der Waals surface area (Å²) < 4.78 is 5.41. The Balaban J connectivity index is 1.53. The van der Waals surface area contributed by atoms with Crippen molar-refractivity contribution >= 4 is 17.6 Å². The van der Waals surface area contributed by atoms with Crippen LogP contribution in [0.3, 0.4) is 0 Å². The third-order valence-corrected chi connectivity index (χ3v) is 4.33. The van der Waals surface area contributed by atoms with E-state index in [4.69, 9.17) is 4.42 Å². The fourth-order valence-corrected chi connectivity index (χ4v) is 2.77. The molecule has 132 valence electrons. The second-order valence-corrected chi connectivity index (χ2v) is 6.24. The molecule has 1 atom stereocenters. The van der Waals surface area contributed by atoms with Gasteiger partial charge in [0.25, 0.3) is 0 Å². The van der Waals surface area contributed by atoms with Crippen LogP contribution in [0.4, 0.5) is 10.5 Å². The van der Waals surface area contributed by atoms with E-state index in [1.807, 2.05) is 45.0 Å². The number of oxazole rings is 1. The van der Waals surface area contributed by atoms with Gasteiger partial charge in [-0.1, -0.05) is 17.7 Å². The van der Waals surface area contributed by atoms with E-state index >= 15 is 0 Å². The standard InChI is InChI=1S/C18H22N4O3/c1-11-4-6-14(7-5-11)22-9-8-15(17(22)23)21-18(24)19-10-16-20-12(2)13(3)25-16/h4-7,15H,8-10H2,1-3H3,(H2,19,21,24)/t15-/m0/s1. The maximum Gasteiger partial charge on any atom is 0.315 e. The molecule has 25 heavy (non-hydrogen) atoms. The number of carbonyl (C=O) groups excluding carboxylic acids is 2. The molecule has 1 aliphatic heterocycles. The minimum Gasteiger partial charge on any atom is -0.444 e. The summed E-state index contributed by atoms with van der Waals surface area (Å²) in [7, 11) is 0. The first-order valence-electron chi connectivity index (χ1n) is 8.29. The van der Waals surface area contributed by atoms with Crippen molar-refractivity contribution in [3.8, 4) is 0 Å². The number of benzene rings is 1. The van der Waals surface area contributed by atoms with E-state index in [0.717, 1.165) is 22.7 Å². The third kappa shape index (κ3) is 3.81. The maximum absolute atomic E-state index is 12.5. The van der Waals surface area contributed by atoms with Crippen molar-refractivity contribution in [2.24, 2.45) is 0 Å². The van der Waals surface area contributed by atoms with Crippen LogP contribution in [0.1, 0.15) is 29.3 Å².